The second kappa shape index (κ2) is 9.66. The van der Waals surface area contributed by atoms with Gasteiger partial charge >= 0.3 is 0 Å². The lowest BCUT2D eigenvalue weighted by molar-refractivity contribution is 0.102. The lowest BCUT2D eigenvalue weighted by Crippen LogP contribution is -2.27. The largest absolute Gasteiger partial charge is 0.436 e. The maximum atomic E-state index is 13.4. The molecule has 0 spiro atoms. The molecule has 0 aliphatic heterocycles. The smallest absolute Gasteiger partial charge is 0.276 e. The molecule has 0 bridgehead atoms. The van der Waals surface area contributed by atoms with Crippen molar-refractivity contribution in [2.75, 3.05) is 5.32 Å². The van der Waals surface area contributed by atoms with E-state index in [1.165, 1.54) is 0 Å². The third kappa shape index (κ3) is 5.11. The Kier molecular flexibility index (Phi) is 6.67. The molecular formula is C24H19ClFN3O4S. The first kappa shape index (κ1) is 23.5. The van der Waals surface area contributed by atoms with Gasteiger partial charge in [-0.1, -0.05) is 48.9 Å². The Morgan fingerprint density at radius 2 is 1.79 bits per heavy atom. The summed E-state index contributed by atoms with van der Waals surface area (Å²) in [5.74, 6) is -1.30. The first-order chi connectivity index (χ1) is 16.3. The van der Waals surface area contributed by atoms with Crippen LogP contribution in [0.15, 0.2) is 87.2 Å². The number of halogens is 2. The minimum Gasteiger partial charge on any atom is -0.436 e. The van der Waals surface area contributed by atoms with Gasteiger partial charge in [0.15, 0.2) is 0 Å². The van der Waals surface area contributed by atoms with E-state index >= 15 is 0 Å². The number of sulfonamides is 1. The molecule has 0 aliphatic rings. The maximum absolute atomic E-state index is 13.4. The molecule has 0 saturated carbocycles. The van der Waals surface area contributed by atoms with Crippen molar-refractivity contribution in [3.05, 3.63) is 100 Å². The second-order valence-electron chi connectivity index (χ2n) is 7.29. The highest BCUT2D eigenvalue weighted by molar-refractivity contribution is 7.89. The predicted molar refractivity (Wildman–Crippen MR) is 127 cm³/mol. The summed E-state index contributed by atoms with van der Waals surface area (Å²) in [5, 5.41) is 6.88. The van der Waals surface area contributed by atoms with Crippen molar-refractivity contribution in [3.63, 3.8) is 0 Å². The Labute approximate surface area is 199 Å². The molecule has 0 radical (unpaired) electrons. The summed E-state index contributed by atoms with van der Waals surface area (Å²) in [6, 6.07) is 18.7. The average molecular weight is 500 g/mol. The number of carbonyl (C=O) groups excluding carboxylic acids is 1. The van der Waals surface area contributed by atoms with E-state index in [-0.39, 0.29) is 21.0 Å². The van der Waals surface area contributed by atoms with Crippen molar-refractivity contribution in [2.24, 2.45) is 5.10 Å². The fraction of sp³-hybridized carbons (Fsp3) is 0.0833. The molecule has 174 valence electrons. The molecule has 0 aliphatic carbocycles. The van der Waals surface area contributed by atoms with Crippen LogP contribution in [-0.2, 0) is 16.4 Å². The molecule has 0 unspecified atom stereocenters. The van der Waals surface area contributed by atoms with Gasteiger partial charge in [-0.15, -0.1) is 5.10 Å². The zero-order valence-electron chi connectivity index (χ0n) is 17.9. The van der Waals surface area contributed by atoms with Gasteiger partial charge < -0.3 is 9.73 Å². The quantitative estimate of drug-likeness (QED) is 0.371. The highest BCUT2D eigenvalue weighted by Crippen LogP contribution is 2.19. The molecule has 1 amide bonds. The number of hydrogen-bond acceptors (Lipinski definition) is 5. The summed E-state index contributed by atoms with van der Waals surface area (Å²) in [5.41, 5.74) is 1.83. The topological polar surface area (TPSA) is 101 Å². The van der Waals surface area contributed by atoms with Crippen LogP contribution in [0.3, 0.4) is 0 Å². The van der Waals surface area contributed by atoms with Crippen LogP contribution >= 0.6 is 11.6 Å². The number of rotatable bonds is 6. The Morgan fingerprint density at radius 3 is 2.50 bits per heavy atom. The molecular weight excluding hydrogens is 481 g/mol. The third-order valence-corrected chi connectivity index (χ3v) is 6.49. The Bertz CT molecular complexity index is 1550. The second-order valence-corrected chi connectivity index (χ2v) is 9.36. The van der Waals surface area contributed by atoms with Gasteiger partial charge in [0, 0.05) is 11.1 Å². The first-order valence-electron chi connectivity index (χ1n) is 10.2. The molecule has 34 heavy (non-hydrogen) atoms. The molecule has 4 rings (SSSR count). The van der Waals surface area contributed by atoms with Crippen LogP contribution in [-0.4, -0.2) is 14.3 Å². The summed E-state index contributed by atoms with van der Waals surface area (Å²) in [6.07, 6.45) is 0.861. The number of amides is 1. The Morgan fingerprint density at radius 1 is 1.06 bits per heavy atom. The van der Waals surface area contributed by atoms with Gasteiger partial charge in [-0.2, -0.15) is 13.2 Å². The normalized spacial score (nSPS) is 12.0. The van der Waals surface area contributed by atoms with Gasteiger partial charge in [-0.25, -0.2) is 4.39 Å². The number of nitrogens with one attached hydrogen (secondary N) is 2. The summed E-state index contributed by atoms with van der Waals surface area (Å²) in [7, 11) is -4.22. The lowest BCUT2D eigenvalue weighted by atomic mass is 10.1. The van der Waals surface area contributed by atoms with E-state index in [1.807, 2.05) is 23.9 Å². The van der Waals surface area contributed by atoms with Crippen LogP contribution in [0.4, 0.5) is 10.1 Å². The molecule has 2 N–H and O–H groups in total. The van der Waals surface area contributed by atoms with Crippen LogP contribution in [0.25, 0.3) is 11.0 Å². The highest BCUT2D eigenvalue weighted by Gasteiger charge is 2.17. The number of hydrogen-bond donors (Lipinski definition) is 2. The molecule has 7 nitrogen and oxygen atoms in total. The van der Waals surface area contributed by atoms with Crippen molar-refractivity contribution in [3.8, 4) is 0 Å². The minimum absolute atomic E-state index is 0.0121. The number of fused-ring (bicyclic) bond motifs is 1. The SMILES string of the molecule is CCc1ccc(NC(=O)c2cc3ccccc3oc2=NNS(=O)(=O)c2ccc(F)c(Cl)c2)cc1. The number of benzene rings is 3. The predicted octanol–water partition coefficient (Wildman–Crippen LogP) is 4.83. The first-order valence-corrected chi connectivity index (χ1v) is 12.1. The number of para-hydroxylation sites is 1. The van der Waals surface area contributed by atoms with Crippen molar-refractivity contribution in [1.29, 1.82) is 0 Å². The zero-order chi connectivity index (χ0) is 24.3. The van der Waals surface area contributed by atoms with Gasteiger partial charge in [0.2, 0.25) is 5.55 Å². The van der Waals surface area contributed by atoms with Crippen LogP contribution < -0.4 is 15.7 Å². The van der Waals surface area contributed by atoms with E-state index < -0.39 is 21.7 Å². The van der Waals surface area contributed by atoms with E-state index in [0.29, 0.717) is 16.7 Å². The zero-order valence-corrected chi connectivity index (χ0v) is 19.5. The molecule has 0 atom stereocenters. The number of carbonyl (C=O) groups is 1. The summed E-state index contributed by atoms with van der Waals surface area (Å²) >= 11 is 5.70. The molecule has 4 aromatic rings. The van der Waals surface area contributed by atoms with E-state index in [9.17, 15) is 17.6 Å². The highest BCUT2D eigenvalue weighted by atomic mass is 35.5. The number of aryl methyl sites for hydroxylation is 1. The molecule has 3 aromatic carbocycles. The summed E-state index contributed by atoms with van der Waals surface area (Å²) < 4.78 is 44.4. The van der Waals surface area contributed by atoms with Crippen LogP contribution in [0.5, 0.6) is 0 Å². The van der Waals surface area contributed by atoms with E-state index in [2.05, 4.69) is 10.4 Å². The van der Waals surface area contributed by atoms with Crippen molar-refractivity contribution in [2.45, 2.75) is 18.2 Å². The van der Waals surface area contributed by atoms with Gasteiger partial charge in [0.25, 0.3) is 15.9 Å². The van der Waals surface area contributed by atoms with Crippen LogP contribution in [0, 0.1) is 5.82 Å². The Balaban J connectivity index is 1.73. The van der Waals surface area contributed by atoms with E-state index in [1.54, 1.807) is 42.5 Å². The Hall–Kier alpha value is -3.69. The average Bonchev–Trinajstić information content (AvgIpc) is 2.84. The van der Waals surface area contributed by atoms with Gasteiger partial charge in [-0.05, 0) is 54.4 Å². The van der Waals surface area contributed by atoms with E-state index in [0.717, 1.165) is 30.2 Å². The molecule has 1 aromatic heterocycles. The molecule has 1 heterocycles. The standard InChI is InChI=1S/C24H19ClFN3O4S/c1-2-15-7-9-17(10-8-15)27-23(30)19-13-16-5-3-4-6-22(16)33-24(19)28-29-34(31,32)18-11-12-21(26)20(25)14-18/h3-14,29H,2H2,1H3,(H,27,30). The fourth-order valence-electron chi connectivity index (χ4n) is 3.14. The lowest BCUT2D eigenvalue weighted by Gasteiger charge is -2.08. The number of nitrogens with zero attached hydrogens (tertiary/aromatic N) is 1. The van der Waals surface area contributed by atoms with Gasteiger partial charge in [0.05, 0.1) is 9.92 Å². The number of anilines is 1. The van der Waals surface area contributed by atoms with E-state index in [4.69, 9.17) is 16.0 Å². The van der Waals surface area contributed by atoms with Crippen LogP contribution in [0.1, 0.15) is 22.8 Å². The maximum Gasteiger partial charge on any atom is 0.276 e. The van der Waals surface area contributed by atoms with Crippen molar-refractivity contribution >= 4 is 44.2 Å². The molecule has 0 fully saturated rings. The van der Waals surface area contributed by atoms with Gasteiger partial charge in [0.1, 0.15) is 17.0 Å². The monoisotopic (exact) mass is 499 g/mol. The van der Waals surface area contributed by atoms with Crippen molar-refractivity contribution < 1.29 is 22.0 Å². The van der Waals surface area contributed by atoms with Gasteiger partial charge in [-0.3, -0.25) is 4.79 Å². The third-order valence-electron chi connectivity index (χ3n) is 4.99. The van der Waals surface area contributed by atoms with Crippen molar-refractivity contribution in [1.82, 2.24) is 4.83 Å². The minimum atomic E-state index is -4.22. The molecule has 0 saturated heterocycles. The summed E-state index contributed by atoms with van der Waals surface area (Å²) in [4.78, 5) is 14.8. The fourth-order valence-corrected chi connectivity index (χ4v) is 4.21. The van der Waals surface area contributed by atoms with Crippen LogP contribution in [0.2, 0.25) is 5.02 Å². The summed E-state index contributed by atoms with van der Waals surface area (Å²) in [6.45, 7) is 2.03. The molecule has 10 heteroatoms.